The van der Waals surface area contributed by atoms with Gasteiger partial charge < -0.3 is 5.73 Å². The number of rotatable bonds is 5. The molecule has 0 radical (unpaired) electrons. The Hall–Kier alpha value is -0.0400. The van der Waals surface area contributed by atoms with Gasteiger partial charge in [0.15, 0.2) is 0 Å². The lowest BCUT2D eigenvalue weighted by molar-refractivity contribution is 0.289. The van der Waals surface area contributed by atoms with E-state index in [2.05, 4.69) is 27.7 Å². The van der Waals surface area contributed by atoms with Gasteiger partial charge in [0.25, 0.3) is 0 Å². The second-order valence-electron chi connectivity index (χ2n) is 7.45. The average Bonchev–Trinajstić information content (AvgIpc) is 3.13. The van der Waals surface area contributed by atoms with E-state index in [0.29, 0.717) is 6.04 Å². The van der Waals surface area contributed by atoms with Crippen molar-refractivity contribution in [2.75, 3.05) is 0 Å². The van der Waals surface area contributed by atoms with Crippen LogP contribution >= 0.6 is 0 Å². The summed E-state index contributed by atoms with van der Waals surface area (Å²) < 4.78 is 0. The van der Waals surface area contributed by atoms with Crippen molar-refractivity contribution >= 4 is 0 Å². The van der Waals surface area contributed by atoms with Gasteiger partial charge in [-0.3, -0.25) is 0 Å². The second-order valence-corrected chi connectivity index (χ2v) is 7.45. The van der Waals surface area contributed by atoms with Crippen LogP contribution in [-0.4, -0.2) is 6.04 Å². The minimum Gasteiger partial charge on any atom is -0.328 e. The Morgan fingerprint density at radius 1 is 1.00 bits per heavy atom. The Labute approximate surface area is 121 Å². The van der Waals surface area contributed by atoms with Gasteiger partial charge >= 0.3 is 0 Å². The van der Waals surface area contributed by atoms with Crippen LogP contribution in [0.3, 0.4) is 0 Å². The number of nitrogens with two attached hydrogens (primary N) is 1. The van der Waals surface area contributed by atoms with E-state index in [4.69, 9.17) is 5.73 Å². The molecule has 0 amide bonds. The van der Waals surface area contributed by atoms with Gasteiger partial charge in [0.2, 0.25) is 0 Å². The van der Waals surface area contributed by atoms with E-state index in [1.54, 1.807) is 0 Å². The highest BCUT2D eigenvalue weighted by molar-refractivity contribution is 4.93. The fourth-order valence-corrected chi connectivity index (χ4v) is 3.43. The van der Waals surface area contributed by atoms with E-state index >= 15 is 0 Å². The summed E-state index contributed by atoms with van der Waals surface area (Å²) in [5.41, 5.74) is 6.47. The van der Waals surface area contributed by atoms with E-state index in [1.807, 2.05) is 0 Å². The molecule has 0 aromatic heterocycles. The summed E-state index contributed by atoms with van der Waals surface area (Å²) in [6.07, 6.45) is 13.9. The molecule has 0 spiro atoms. The zero-order valence-corrected chi connectivity index (χ0v) is 13.9. The SMILES string of the molecule is CC1CCC(N)CC1.CCCC(CCC)C1(C)CC1. The van der Waals surface area contributed by atoms with Crippen molar-refractivity contribution in [1.29, 1.82) is 0 Å². The molecule has 2 aliphatic carbocycles. The first kappa shape index (κ1) is 17.0. The molecular formula is C18H37N. The van der Waals surface area contributed by atoms with Crippen molar-refractivity contribution in [2.45, 2.75) is 97.9 Å². The Bertz CT molecular complexity index is 208. The van der Waals surface area contributed by atoms with Crippen molar-refractivity contribution in [3.8, 4) is 0 Å². The molecule has 0 aromatic carbocycles. The fraction of sp³-hybridized carbons (Fsp3) is 1.00. The van der Waals surface area contributed by atoms with E-state index in [1.165, 1.54) is 64.2 Å². The molecular weight excluding hydrogens is 230 g/mol. The summed E-state index contributed by atoms with van der Waals surface area (Å²) in [4.78, 5) is 0. The predicted molar refractivity (Wildman–Crippen MR) is 86.3 cm³/mol. The van der Waals surface area contributed by atoms with Crippen LogP contribution in [0.1, 0.15) is 91.9 Å². The molecule has 2 fully saturated rings. The van der Waals surface area contributed by atoms with E-state index in [0.717, 1.165) is 17.3 Å². The minimum atomic E-state index is 0.520. The van der Waals surface area contributed by atoms with Crippen molar-refractivity contribution in [3.05, 3.63) is 0 Å². The third kappa shape index (κ3) is 6.29. The molecule has 114 valence electrons. The highest BCUT2D eigenvalue weighted by Gasteiger charge is 2.43. The number of hydrogen-bond acceptors (Lipinski definition) is 1. The van der Waals surface area contributed by atoms with Crippen LogP contribution in [0.25, 0.3) is 0 Å². The van der Waals surface area contributed by atoms with Crippen molar-refractivity contribution in [3.63, 3.8) is 0 Å². The molecule has 19 heavy (non-hydrogen) atoms. The zero-order chi connectivity index (χ0) is 14.3. The van der Waals surface area contributed by atoms with Crippen LogP contribution in [0.2, 0.25) is 0 Å². The molecule has 0 bridgehead atoms. The molecule has 1 heteroatoms. The summed E-state index contributed by atoms with van der Waals surface area (Å²) in [5, 5.41) is 0. The number of hydrogen-bond donors (Lipinski definition) is 1. The lowest BCUT2D eigenvalue weighted by Gasteiger charge is -2.22. The first-order valence-corrected chi connectivity index (χ1v) is 8.77. The molecule has 0 heterocycles. The second kappa shape index (κ2) is 8.29. The van der Waals surface area contributed by atoms with Crippen LogP contribution in [0.4, 0.5) is 0 Å². The Morgan fingerprint density at radius 2 is 1.47 bits per heavy atom. The quantitative estimate of drug-likeness (QED) is 0.696. The summed E-state index contributed by atoms with van der Waals surface area (Å²) in [6, 6.07) is 0.520. The Balaban J connectivity index is 0.000000200. The van der Waals surface area contributed by atoms with Gasteiger partial charge in [-0.05, 0) is 55.8 Å². The molecule has 2 rings (SSSR count). The smallest absolute Gasteiger partial charge is 0.00390 e. The highest BCUT2D eigenvalue weighted by atomic mass is 14.6. The van der Waals surface area contributed by atoms with Gasteiger partial charge in [-0.15, -0.1) is 0 Å². The molecule has 2 saturated carbocycles. The van der Waals surface area contributed by atoms with E-state index in [-0.39, 0.29) is 0 Å². The monoisotopic (exact) mass is 267 g/mol. The molecule has 2 aliphatic rings. The maximum Gasteiger partial charge on any atom is 0.00390 e. The maximum absolute atomic E-state index is 5.70. The Kier molecular flexibility index (Phi) is 7.42. The summed E-state index contributed by atoms with van der Waals surface area (Å²) in [7, 11) is 0. The van der Waals surface area contributed by atoms with E-state index < -0.39 is 0 Å². The van der Waals surface area contributed by atoms with E-state index in [9.17, 15) is 0 Å². The first-order valence-electron chi connectivity index (χ1n) is 8.77. The molecule has 0 aliphatic heterocycles. The summed E-state index contributed by atoms with van der Waals surface area (Å²) >= 11 is 0. The summed E-state index contributed by atoms with van der Waals surface area (Å²) in [6.45, 7) is 9.41. The molecule has 0 aromatic rings. The summed E-state index contributed by atoms with van der Waals surface area (Å²) in [5.74, 6) is 1.98. The van der Waals surface area contributed by atoms with Crippen LogP contribution in [0.15, 0.2) is 0 Å². The van der Waals surface area contributed by atoms with Crippen LogP contribution < -0.4 is 5.73 Å². The lowest BCUT2D eigenvalue weighted by Crippen LogP contribution is -2.25. The van der Waals surface area contributed by atoms with Crippen molar-refractivity contribution in [2.24, 2.45) is 23.0 Å². The van der Waals surface area contributed by atoms with Gasteiger partial charge in [0.05, 0.1) is 0 Å². The normalized spacial score (nSPS) is 28.7. The lowest BCUT2D eigenvalue weighted by atomic mass is 9.84. The minimum absolute atomic E-state index is 0.520. The topological polar surface area (TPSA) is 26.0 Å². The van der Waals surface area contributed by atoms with Gasteiger partial charge in [0.1, 0.15) is 0 Å². The largest absolute Gasteiger partial charge is 0.328 e. The van der Waals surface area contributed by atoms with Crippen LogP contribution in [-0.2, 0) is 0 Å². The van der Waals surface area contributed by atoms with Gasteiger partial charge in [-0.25, -0.2) is 0 Å². The zero-order valence-electron chi connectivity index (χ0n) is 13.9. The standard InChI is InChI=1S/C11H22.C7H15N/c1-4-6-10(7-5-2)11(3)8-9-11;1-6-2-4-7(8)5-3-6/h10H,4-9H2,1-3H3;6-7H,2-5,8H2,1H3. The molecule has 2 N–H and O–H groups in total. The third-order valence-electron chi connectivity index (χ3n) is 5.36. The highest BCUT2D eigenvalue weighted by Crippen LogP contribution is 2.54. The van der Waals surface area contributed by atoms with Gasteiger partial charge in [-0.1, -0.05) is 53.4 Å². The first-order chi connectivity index (χ1) is 9.01. The van der Waals surface area contributed by atoms with Crippen molar-refractivity contribution in [1.82, 2.24) is 0 Å². The van der Waals surface area contributed by atoms with Gasteiger partial charge in [-0.2, -0.15) is 0 Å². The molecule has 0 atom stereocenters. The average molecular weight is 268 g/mol. The van der Waals surface area contributed by atoms with Crippen molar-refractivity contribution < 1.29 is 0 Å². The molecule has 0 unspecified atom stereocenters. The fourth-order valence-electron chi connectivity index (χ4n) is 3.43. The van der Waals surface area contributed by atoms with Crippen LogP contribution in [0, 0.1) is 17.3 Å². The maximum atomic E-state index is 5.70. The van der Waals surface area contributed by atoms with Gasteiger partial charge in [0, 0.05) is 6.04 Å². The van der Waals surface area contributed by atoms with Crippen LogP contribution in [0.5, 0.6) is 0 Å². The predicted octanol–water partition coefficient (Wildman–Crippen LogP) is 5.53. The molecule has 0 saturated heterocycles. The molecule has 1 nitrogen and oxygen atoms in total. The third-order valence-corrected chi connectivity index (χ3v) is 5.36. The Morgan fingerprint density at radius 3 is 1.79 bits per heavy atom.